The molecule has 1 N–H and O–H groups in total. The smallest absolute Gasteiger partial charge is 0.160 e. The van der Waals surface area contributed by atoms with Crippen LogP contribution in [0.5, 0.6) is 0 Å². The normalized spacial score (nSPS) is 10.6. The van der Waals surface area contributed by atoms with Crippen molar-refractivity contribution in [1.29, 1.82) is 5.26 Å². The Hall–Kier alpha value is -2.71. The van der Waals surface area contributed by atoms with Gasteiger partial charge in [-0.1, -0.05) is 18.2 Å². The van der Waals surface area contributed by atoms with Gasteiger partial charge in [-0.3, -0.25) is 4.40 Å². The summed E-state index contributed by atoms with van der Waals surface area (Å²) in [5.74, 6) is 0.956. The number of hydrogen-bond donors (Lipinski definition) is 1. The van der Waals surface area contributed by atoms with E-state index in [2.05, 4.69) is 21.6 Å². The van der Waals surface area contributed by atoms with E-state index in [0.717, 1.165) is 31.0 Å². The molecule has 0 saturated heterocycles. The van der Waals surface area contributed by atoms with E-state index >= 15 is 0 Å². The van der Waals surface area contributed by atoms with Crippen molar-refractivity contribution < 1.29 is 0 Å². The molecule has 1 aromatic carbocycles. The van der Waals surface area contributed by atoms with Crippen LogP contribution in [0.3, 0.4) is 0 Å². The quantitative estimate of drug-likeness (QED) is 0.724. The van der Waals surface area contributed by atoms with Gasteiger partial charge in [-0.05, 0) is 29.8 Å². The molecule has 5 heteroatoms. The minimum absolute atomic E-state index is 0.689. The molecule has 0 atom stereocenters. The molecule has 2 aromatic heterocycles. The van der Waals surface area contributed by atoms with Crippen LogP contribution in [-0.2, 0) is 13.0 Å². The number of pyridine rings is 1. The summed E-state index contributed by atoms with van der Waals surface area (Å²) in [4.78, 5) is 0. The number of hydrogen-bond acceptors (Lipinski definition) is 4. The van der Waals surface area contributed by atoms with Gasteiger partial charge >= 0.3 is 0 Å². The van der Waals surface area contributed by atoms with E-state index in [9.17, 15) is 0 Å². The Morgan fingerprint density at radius 3 is 2.76 bits per heavy atom. The molecule has 2 heterocycles. The molecule has 21 heavy (non-hydrogen) atoms. The lowest BCUT2D eigenvalue weighted by atomic mass is 10.1. The van der Waals surface area contributed by atoms with Gasteiger partial charge in [-0.2, -0.15) is 5.26 Å². The van der Waals surface area contributed by atoms with Crippen LogP contribution in [0.2, 0.25) is 0 Å². The summed E-state index contributed by atoms with van der Waals surface area (Å²) in [7, 11) is 0. The minimum Gasteiger partial charge on any atom is -0.312 e. The van der Waals surface area contributed by atoms with Gasteiger partial charge in [0.25, 0.3) is 0 Å². The lowest BCUT2D eigenvalue weighted by Crippen LogP contribution is -2.17. The molecule has 0 saturated carbocycles. The van der Waals surface area contributed by atoms with Crippen LogP contribution < -0.4 is 5.32 Å². The van der Waals surface area contributed by atoms with Gasteiger partial charge in [0.1, 0.15) is 5.82 Å². The van der Waals surface area contributed by atoms with Crippen LogP contribution in [0.1, 0.15) is 17.0 Å². The lowest BCUT2D eigenvalue weighted by molar-refractivity contribution is 0.667. The summed E-state index contributed by atoms with van der Waals surface area (Å²) in [6.07, 6.45) is 2.80. The van der Waals surface area contributed by atoms with Gasteiger partial charge < -0.3 is 5.32 Å². The molecule has 0 unspecified atom stereocenters. The number of nitrogens with one attached hydrogen (secondary N) is 1. The van der Waals surface area contributed by atoms with Crippen LogP contribution in [0.4, 0.5) is 0 Å². The van der Waals surface area contributed by atoms with Crippen molar-refractivity contribution in [2.24, 2.45) is 0 Å². The second kappa shape index (κ2) is 6.16. The van der Waals surface area contributed by atoms with Crippen molar-refractivity contribution in [1.82, 2.24) is 19.9 Å². The second-order valence-electron chi connectivity index (χ2n) is 4.78. The molecule has 0 spiro atoms. The maximum atomic E-state index is 8.75. The Bertz CT molecular complexity index is 767. The van der Waals surface area contributed by atoms with Crippen LogP contribution >= 0.6 is 0 Å². The number of nitrogens with zero attached hydrogens (tertiary/aromatic N) is 4. The standard InChI is InChI=1S/C16H15N5/c17-11-13-4-6-14(7-5-13)12-18-9-8-16-20-19-15-3-1-2-10-21(15)16/h1-7,10,18H,8-9,12H2. The highest BCUT2D eigenvalue weighted by Gasteiger charge is 2.03. The molecule has 0 aliphatic rings. The van der Waals surface area contributed by atoms with E-state index in [4.69, 9.17) is 5.26 Å². The van der Waals surface area contributed by atoms with Crippen molar-refractivity contribution in [2.75, 3.05) is 6.54 Å². The zero-order valence-electron chi connectivity index (χ0n) is 11.5. The van der Waals surface area contributed by atoms with Gasteiger partial charge in [-0.15, -0.1) is 10.2 Å². The summed E-state index contributed by atoms with van der Waals surface area (Å²) in [5.41, 5.74) is 2.73. The van der Waals surface area contributed by atoms with Gasteiger partial charge in [0.2, 0.25) is 0 Å². The molecule has 5 nitrogen and oxygen atoms in total. The SMILES string of the molecule is N#Cc1ccc(CNCCc2nnc3ccccn23)cc1. The molecule has 0 aliphatic heterocycles. The number of aromatic nitrogens is 3. The van der Waals surface area contributed by atoms with E-state index in [1.54, 1.807) is 0 Å². The molecular formula is C16H15N5. The molecule has 0 radical (unpaired) electrons. The predicted molar refractivity (Wildman–Crippen MR) is 79.6 cm³/mol. The third kappa shape index (κ3) is 3.07. The number of fused-ring (bicyclic) bond motifs is 1. The fourth-order valence-corrected chi connectivity index (χ4v) is 2.19. The number of benzene rings is 1. The Kier molecular flexibility index (Phi) is 3.90. The minimum atomic E-state index is 0.689. The van der Waals surface area contributed by atoms with Gasteiger partial charge in [-0.25, -0.2) is 0 Å². The van der Waals surface area contributed by atoms with Crippen LogP contribution in [0.15, 0.2) is 48.7 Å². The molecule has 0 bridgehead atoms. The Balaban J connectivity index is 1.53. The average molecular weight is 277 g/mol. The number of rotatable bonds is 5. The zero-order valence-corrected chi connectivity index (χ0v) is 11.5. The summed E-state index contributed by atoms with van der Waals surface area (Å²) < 4.78 is 2.00. The topological polar surface area (TPSA) is 66.0 Å². The van der Waals surface area contributed by atoms with E-state index in [1.165, 1.54) is 5.56 Å². The van der Waals surface area contributed by atoms with E-state index in [-0.39, 0.29) is 0 Å². The Morgan fingerprint density at radius 1 is 1.10 bits per heavy atom. The van der Waals surface area contributed by atoms with Crippen LogP contribution in [0.25, 0.3) is 5.65 Å². The summed E-state index contributed by atoms with van der Waals surface area (Å²) in [5, 5.41) is 20.5. The van der Waals surface area contributed by atoms with Crippen LogP contribution in [0, 0.1) is 11.3 Å². The average Bonchev–Trinajstić information content (AvgIpc) is 2.95. The van der Waals surface area contributed by atoms with E-state index in [1.807, 2.05) is 53.1 Å². The maximum Gasteiger partial charge on any atom is 0.160 e. The van der Waals surface area contributed by atoms with Crippen molar-refractivity contribution >= 4 is 5.65 Å². The molecular weight excluding hydrogens is 262 g/mol. The first-order chi connectivity index (χ1) is 10.4. The molecule has 104 valence electrons. The molecule has 0 fully saturated rings. The highest BCUT2D eigenvalue weighted by Crippen LogP contribution is 2.04. The van der Waals surface area contributed by atoms with E-state index in [0.29, 0.717) is 5.56 Å². The fourth-order valence-electron chi connectivity index (χ4n) is 2.19. The van der Waals surface area contributed by atoms with Crippen molar-refractivity contribution in [2.45, 2.75) is 13.0 Å². The summed E-state index contributed by atoms with van der Waals surface area (Å²) in [6, 6.07) is 15.6. The molecule has 0 amide bonds. The Labute approximate surface area is 122 Å². The largest absolute Gasteiger partial charge is 0.312 e. The monoisotopic (exact) mass is 277 g/mol. The van der Waals surface area contributed by atoms with Crippen molar-refractivity contribution in [3.05, 3.63) is 65.6 Å². The molecule has 0 aliphatic carbocycles. The van der Waals surface area contributed by atoms with Crippen LogP contribution in [-0.4, -0.2) is 21.1 Å². The van der Waals surface area contributed by atoms with Gasteiger partial charge in [0.05, 0.1) is 11.6 Å². The first-order valence-corrected chi connectivity index (χ1v) is 6.85. The van der Waals surface area contributed by atoms with Crippen molar-refractivity contribution in [3.63, 3.8) is 0 Å². The third-order valence-corrected chi connectivity index (χ3v) is 3.32. The number of nitriles is 1. The molecule has 3 rings (SSSR count). The fraction of sp³-hybridized carbons (Fsp3) is 0.188. The predicted octanol–water partition coefficient (Wildman–Crippen LogP) is 1.93. The Morgan fingerprint density at radius 2 is 1.95 bits per heavy atom. The second-order valence-corrected chi connectivity index (χ2v) is 4.78. The summed E-state index contributed by atoms with van der Waals surface area (Å²) in [6.45, 7) is 1.61. The van der Waals surface area contributed by atoms with Gasteiger partial charge in [0.15, 0.2) is 5.65 Å². The highest BCUT2D eigenvalue weighted by atomic mass is 15.2. The van der Waals surface area contributed by atoms with Gasteiger partial charge in [0, 0.05) is 25.7 Å². The van der Waals surface area contributed by atoms with Crippen molar-refractivity contribution in [3.8, 4) is 6.07 Å². The van der Waals surface area contributed by atoms with E-state index < -0.39 is 0 Å². The molecule has 3 aromatic rings. The highest BCUT2D eigenvalue weighted by molar-refractivity contribution is 5.37. The third-order valence-electron chi connectivity index (χ3n) is 3.32. The first kappa shape index (κ1) is 13.3. The summed E-state index contributed by atoms with van der Waals surface area (Å²) >= 11 is 0. The lowest BCUT2D eigenvalue weighted by Gasteiger charge is -2.04. The first-order valence-electron chi connectivity index (χ1n) is 6.85. The maximum absolute atomic E-state index is 8.75. The zero-order chi connectivity index (χ0) is 14.5.